The molecule has 0 bridgehead atoms. The van der Waals surface area contributed by atoms with Crippen LogP contribution < -0.4 is 10.6 Å². The van der Waals surface area contributed by atoms with Crippen LogP contribution in [0.3, 0.4) is 0 Å². The van der Waals surface area contributed by atoms with E-state index < -0.39 is 48.8 Å². The average Bonchev–Trinajstić information content (AvgIpc) is 3.39. The Morgan fingerprint density at radius 1 is 1.06 bits per heavy atom. The second-order valence-electron chi connectivity index (χ2n) is 8.33. The number of aliphatic carboxylic acids is 1. The highest BCUT2D eigenvalue weighted by Crippen LogP contribution is 2.44. The van der Waals surface area contributed by atoms with E-state index in [1.54, 1.807) is 0 Å². The number of carboxylic acids is 1. The van der Waals surface area contributed by atoms with Crippen molar-refractivity contribution < 1.29 is 42.1 Å². The van der Waals surface area contributed by atoms with Crippen LogP contribution in [0.1, 0.15) is 23.5 Å². The second-order valence-corrected chi connectivity index (χ2v) is 8.33. The number of alkyl halides is 3. The molecule has 4 rings (SSSR count). The van der Waals surface area contributed by atoms with Crippen molar-refractivity contribution in [1.29, 1.82) is 0 Å². The Kier molecular flexibility index (Phi) is 6.97. The Hall–Kier alpha value is -3.60. The number of hydrogen-bond acceptors (Lipinski definition) is 5. The Labute approximate surface area is 198 Å². The van der Waals surface area contributed by atoms with Gasteiger partial charge in [0.2, 0.25) is 5.91 Å². The van der Waals surface area contributed by atoms with Crippen molar-refractivity contribution in [1.82, 2.24) is 10.6 Å². The highest BCUT2D eigenvalue weighted by atomic mass is 19.4. The Morgan fingerprint density at radius 2 is 1.66 bits per heavy atom. The summed E-state index contributed by atoms with van der Waals surface area (Å²) in [5.74, 6) is -5.69. The minimum absolute atomic E-state index is 0.00338. The summed E-state index contributed by atoms with van der Waals surface area (Å²) in [5, 5.41) is 13.2. The van der Waals surface area contributed by atoms with E-state index >= 15 is 0 Å². The molecule has 1 saturated heterocycles. The van der Waals surface area contributed by atoms with Crippen molar-refractivity contribution in [2.45, 2.75) is 30.7 Å². The maximum atomic E-state index is 13.5. The van der Waals surface area contributed by atoms with Gasteiger partial charge in [-0.3, -0.25) is 4.79 Å². The monoisotopic (exact) mass is 492 g/mol. The lowest BCUT2D eigenvalue weighted by atomic mass is 9.98. The minimum atomic E-state index is -4.97. The molecular weight excluding hydrogens is 469 g/mol. The summed E-state index contributed by atoms with van der Waals surface area (Å²) in [6, 6.07) is 14.1. The van der Waals surface area contributed by atoms with Crippen molar-refractivity contribution in [2.24, 2.45) is 5.92 Å². The van der Waals surface area contributed by atoms with E-state index in [0.29, 0.717) is 0 Å². The van der Waals surface area contributed by atoms with Crippen LogP contribution in [-0.4, -0.2) is 61.2 Å². The Bertz CT molecular complexity index is 1080. The molecular formula is C24H23F3N2O6. The predicted octanol–water partition coefficient (Wildman–Crippen LogP) is 3.06. The van der Waals surface area contributed by atoms with Crippen LogP contribution in [0.4, 0.5) is 18.0 Å². The van der Waals surface area contributed by atoms with E-state index in [4.69, 9.17) is 14.6 Å². The number of fused-ring (bicyclic) bond motifs is 3. The van der Waals surface area contributed by atoms with Crippen LogP contribution in [0.2, 0.25) is 0 Å². The van der Waals surface area contributed by atoms with Gasteiger partial charge in [0.05, 0.1) is 6.04 Å². The average molecular weight is 492 g/mol. The van der Waals surface area contributed by atoms with E-state index in [1.165, 1.54) is 0 Å². The molecule has 2 aliphatic rings. The van der Waals surface area contributed by atoms with Gasteiger partial charge in [0.25, 0.3) is 0 Å². The molecule has 2 aromatic carbocycles. The first-order chi connectivity index (χ1) is 16.7. The summed E-state index contributed by atoms with van der Waals surface area (Å²) in [5.41, 5.74) is 3.89. The first-order valence-electron chi connectivity index (χ1n) is 11.0. The lowest BCUT2D eigenvalue weighted by Crippen LogP contribution is -2.51. The van der Waals surface area contributed by atoms with E-state index in [-0.39, 0.29) is 25.6 Å². The fraction of sp³-hybridized carbons (Fsp3) is 0.375. The zero-order valence-corrected chi connectivity index (χ0v) is 18.4. The number of amides is 2. The van der Waals surface area contributed by atoms with E-state index in [0.717, 1.165) is 22.3 Å². The summed E-state index contributed by atoms with van der Waals surface area (Å²) in [6.07, 6.45) is -7.43. The third-order valence-electron chi connectivity index (χ3n) is 6.17. The molecule has 3 unspecified atom stereocenters. The van der Waals surface area contributed by atoms with Crippen molar-refractivity contribution in [2.75, 3.05) is 19.8 Å². The van der Waals surface area contributed by atoms with Crippen LogP contribution >= 0.6 is 0 Å². The molecule has 0 spiro atoms. The fourth-order valence-electron chi connectivity index (χ4n) is 4.46. The Balaban J connectivity index is 1.36. The first kappa shape index (κ1) is 24.5. The van der Waals surface area contributed by atoms with Gasteiger partial charge in [0.1, 0.15) is 6.61 Å². The number of rotatable bonds is 7. The third kappa shape index (κ3) is 5.24. The van der Waals surface area contributed by atoms with Gasteiger partial charge in [-0.2, -0.15) is 13.2 Å². The van der Waals surface area contributed by atoms with E-state index in [9.17, 15) is 27.6 Å². The van der Waals surface area contributed by atoms with Crippen molar-refractivity contribution in [3.05, 3.63) is 59.7 Å². The second kappa shape index (κ2) is 9.95. The normalized spacial score (nSPS) is 20.0. The SMILES string of the molecule is O=C(NCC(C(=O)NC1CCOC1C(=O)O)C(F)(F)F)OCC1c2ccccc2-c2ccccc21. The number of ether oxygens (including phenoxy) is 2. The molecule has 0 aromatic heterocycles. The number of hydrogen-bond donors (Lipinski definition) is 3. The highest BCUT2D eigenvalue weighted by Gasteiger charge is 2.47. The number of nitrogens with one attached hydrogen (secondary N) is 2. The molecule has 0 radical (unpaired) electrons. The molecule has 1 fully saturated rings. The molecule has 1 aliphatic heterocycles. The molecule has 1 heterocycles. The van der Waals surface area contributed by atoms with E-state index in [2.05, 4.69) is 5.32 Å². The quantitative estimate of drug-likeness (QED) is 0.548. The molecule has 2 aromatic rings. The number of carbonyl (C=O) groups excluding carboxylic acids is 2. The van der Waals surface area contributed by atoms with Crippen LogP contribution in [0.25, 0.3) is 11.1 Å². The number of carbonyl (C=O) groups is 3. The summed E-state index contributed by atoms with van der Waals surface area (Å²) >= 11 is 0. The standard InChI is InChI=1S/C24H23F3N2O6/c25-24(26,27)18(21(30)29-19-9-10-34-20(19)22(31)32)11-28-23(33)35-12-17-15-7-3-1-5-13(15)14-6-2-4-8-16(14)17/h1-8,17-20H,9-12H2,(H,28,33)(H,29,30)(H,31,32). The largest absolute Gasteiger partial charge is 0.479 e. The maximum absolute atomic E-state index is 13.5. The topological polar surface area (TPSA) is 114 Å². The van der Waals surface area contributed by atoms with Gasteiger partial charge in [-0.05, 0) is 28.7 Å². The number of halogens is 3. The van der Waals surface area contributed by atoms with Gasteiger partial charge < -0.3 is 25.2 Å². The molecule has 3 atom stereocenters. The number of alkyl carbamates (subject to hydrolysis) is 1. The van der Waals surface area contributed by atoms with Crippen LogP contribution in [0, 0.1) is 5.92 Å². The summed E-state index contributed by atoms with van der Waals surface area (Å²) in [4.78, 5) is 35.7. The van der Waals surface area contributed by atoms with Gasteiger partial charge in [-0.25, -0.2) is 9.59 Å². The van der Waals surface area contributed by atoms with Crippen molar-refractivity contribution in [3.8, 4) is 11.1 Å². The fourth-order valence-corrected chi connectivity index (χ4v) is 4.46. The highest BCUT2D eigenvalue weighted by molar-refractivity contribution is 5.82. The predicted molar refractivity (Wildman–Crippen MR) is 117 cm³/mol. The summed E-state index contributed by atoms with van der Waals surface area (Å²) in [7, 11) is 0. The third-order valence-corrected chi connectivity index (χ3v) is 6.17. The zero-order valence-electron chi connectivity index (χ0n) is 18.4. The van der Waals surface area contributed by atoms with Gasteiger partial charge in [-0.1, -0.05) is 48.5 Å². The molecule has 11 heteroatoms. The van der Waals surface area contributed by atoms with Gasteiger partial charge in [0.15, 0.2) is 12.0 Å². The lowest BCUT2D eigenvalue weighted by Gasteiger charge is -2.23. The molecule has 3 N–H and O–H groups in total. The van der Waals surface area contributed by atoms with Gasteiger partial charge in [-0.15, -0.1) is 0 Å². The van der Waals surface area contributed by atoms with Crippen molar-refractivity contribution >= 4 is 18.0 Å². The Morgan fingerprint density at radius 3 is 2.23 bits per heavy atom. The van der Waals surface area contributed by atoms with Gasteiger partial charge in [0, 0.05) is 19.1 Å². The van der Waals surface area contributed by atoms with Crippen LogP contribution in [0.5, 0.6) is 0 Å². The molecule has 186 valence electrons. The molecule has 1 aliphatic carbocycles. The van der Waals surface area contributed by atoms with Crippen LogP contribution in [-0.2, 0) is 19.1 Å². The molecule has 8 nitrogen and oxygen atoms in total. The zero-order chi connectivity index (χ0) is 25.2. The smallest absolute Gasteiger partial charge is 0.407 e. The molecule has 0 saturated carbocycles. The van der Waals surface area contributed by atoms with E-state index in [1.807, 2.05) is 53.8 Å². The van der Waals surface area contributed by atoms with Crippen molar-refractivity contribution in [3.63, 3.8) is 0 Å². The summed E-state index contributed by atoms with van der Waals surface area (Å²) in [6.45, 7) is -1.16. The first-order valence-corrected chi connectivity index (χ1v) is 11.0. The number of carboxylic acid groups (broad SMARTS) is 1. The van der Waals surface area contributed by atoms with Crippen LogP contribution in [0.15, 0.2) is 48.5 Å². The maximum Gasteiger partial charge on any atom is 0.407 e. The minimum Gasteiger partial charge on any atom is -0.479 e. The molecule has 35 heavy (non-hydrogen) atoms. The number of benzene rings is 2. The lowest BCUT2D eigenvalue weighted by molar-refractivity contribution is -0.181. The van der Waals surface area contributed by atoms with Gasteiger partial charge >= 0.3 is 18.2 Å². The molecule has 2 amide bonds. The summed E-state index contributed by atoms with van der Waals surface area (Å²) < 4.78 is 50.7.